The Hall–Kier alpha value is -1.65. The molecular weight excluding hydrogens is 206 g/mol. The van der Waals surface area contributed by atoms with Crippen molar-refractivity contribution in [2.75, 3.05) is 19.1 Å². The van der Waals surface area contributed by atoms with Crippen LogP contribution in [0.2, 0.25) is 0 Å². The van der Waals surface area contributed by atoms with Crippen LogP contribution in [0.25, 0.3) is 0 Å². The first kappa shape index (κ1) is 10.9. The van der Waals surface area contributed by atoms with Gasteiger partial charge in [-0.15, -0.1) is 0 Å². The lowest BCUT2D eigenvalue weighted by molar-refractivity contribution is 0.0593. The molecule has 0 aliphatic heterocycles. The van der Waals surface area contributed by atoms with Crippen LogP contribution < -0.4 is 4.90 Å². The number of carbonyl (C=O) groups excluding carboxylic acids is 1. The Kier molecular flexibility index (Phi) is 3.03. The Balaban J connectivity index is 2.17. The predicted molar refractivity (Wildman–Crippen MR) is 59.4 cm³/mol. The molecule has 0 unspecified atom stereocenters. The van der Waals surface area contributed by atoms with E-state index in [-0.39, 0.29) is 5.69 Å². The summed E-state index contributed by atoms with van der Waals surface area (Å²) in [6.07, 6.45) is 6.72. The zero-order valence-corrected chi connectivity index (χ0v) is 9.51. The van der Waals surface area contributed by atoms with E-state index < -0.39 is 5.97 Å². The van der Waals surface area contributed by atoms with Crippen molar-refractivity contribution >= 4 is 11.8 Å². The molecule has 1 fully saturated rings. The molecule has 1 aromatic rings. The summed E-state index contributed by atoms with van der Waals surface area (Å²) in [6.45, 7) is 0. The fourth-order valence-corrected chi connectivity index (χ4v) is 1.69. The van der Waals surface area contributed by atoms with Gasteiger partial charge in [-0.2, -0.15) is 0 Å². The van der Waals surface area contributed by atoms with E-state index in [2.05, 4.69) is 19.6 Å². The van der Waals surface area contributed by atoms with Crippen LogP contribution in [0.15, 0.2) is 12.4 Å². The van der Waals surface area contributed by atoms with Gasteiger partial charge in [0.15, 0.2) is 5.69 Å². The predicted octanol–water partition coefficient (Wildman–Crippen LogP) is 1.25. The first-order chi connectivity index (χ1) is 7.72. The first-order valence-corrected chi connectivity index (χ1v) is 5.35. The number of hydrogen-bond donors (Lipinski definition) is 0. The van der Waals surface area contributed by atoms with E-state index in [0.717, 1.165) is 5.82 Å². The maximum Gasteiger partial charge on any atom is 0.358 e. The molecule has 0 aromatic carbocycles. The lowest BCUT2D eigenvalue weighted by Crippen LogP contribution is -2.37. The largest absolute Gasteiger partial charge is 0.464 e. The molecule has 1 saturated carbocycles. The Morgan fingerprint density at radius 1 is 1.50 bits per heavy atom. The molecule has 86 valence electrons. The molecule has 5 heteroatoms. The molecule has 2 rings (SSSR count). The number of esters is 1. The second kappa shape index (κ2) is 4.47. The topological polar surface area (TPSA) is 55.3 Å². The van der Waals surface area contributed by atoms with E-state index in [4.69, 9.17) is 0 Å². The van der Waals surface area contributed by atoms with Crippen LogP contribution in [0.3, 0.4) is 0 Å². The highest BCUT2D eigenvalue weighted by Gasteiger charge is 2.23. The monoisotopic (exact) mass is 221 g/mol. The van der Waals surface area contributed by atoms with Gasteiger partial charge in [-0.1, -0.05) is 0 Å². The lowest BCUT2D eigenvalue weighted by Gasteiger charge is -2.35. The lowest BCUT2D eigenvalue weighted by atomic mass is 9.92. The number of hydrogen-bond acceptors (Lipinski definition) is 5. The summed E-state index contributed by atoms with van der Waals surface area (Å²) in [4.78, 5) is 21.6. The van der Waals surface area contributed by atoms with Crippen LogP contribution >= 0.6 is 0 Å². The highest BCUT2D eigenvalue weighted by molar-refractivity contribution is 5.87. The smallest absolute Gasteiger partial charge is 0.358 e. The zero-order valence-electron chi connectivity index (χ0n) is 9.51. The second-order valence-corrected chi connectivity index (χ2v) is 3.95. The van der Waals surface area contributed by atoms with Crippen molar-refractivity contribution in [1.29, 1.82) is 0 Å². The van der Waals surface area contributed by atoms with Gasteiger partial charge in [0.2, 0.25) is 0 Å². The third-order valence-electron chi connectivity index (χ3n) is 3.00. The standard InChI is InChI=1S/C11H15N3O2/c1-14(8-4-3-5-8)10-7-12-6-9(13-10)11(15)16-2/h6-8H,3-5H2,1-2H3. The first-order valence-electron chi connectivity index (χ1n) is 5.35. The SMILES string of the molecule is COC(=O)c1cncc(N(C)C2CCC2)n1. The Labute approximate surface area is 94.5 Å². The summed E-state index contributed by atoms with van der Waals surface area (Å²) < 4.78 is 4.61. The van der Waals surface area contributed by atoms with E-state index in [1.54, 1.807) is 6.20 Å². The molecule has 16 heavy (non-hydrogen) atoms. The van der Waals surface area contributed by atoms with Crippen LogP contribution in [-0.2, 0) is 4.74 Å². The number of methoxy groups -OCH3 is 1. The van der Waals surface area contributed by atoms with E-state index in [9.17, 15) is 4.79 Å². The number of nitrogens with zero attached hydrogens (tertiary/aromatic N) is 3. The molecule has 5 nitrogen and oxygen atoms in total. The molecule has 0 N–H and O–H groups in total. The van der Waals surface area contributed by atoms with Gasteiger partial charge in [0.1, 0.15) is 5.82 Å². The average Bonchev–Trinajstić information content (AvgIpc) is 2.26. The Morgan fingerprint density at radius 3 is 2.81 bits per heavy atom. The van der Waals surface area contributed by atoms with Crippen molar-refractivity contribution in [3.63, 3.8) is 0 Å². The van der Waals surface area contributed by atoms with Crippen LogP contribution in [-0.4, -0.2) is 36.1 Å². The van der Waals surface area contributed by atoms with E-state index in [1.807, 2.05) is 7.05 Å². The minimum Gasteiger partial charge on any atom is -0.464 e. The quantitative estimate of drug-likeness (QED) is 0.719. The molecule has 0 radical (unpaired) electrons. The molecular formula is C11H15N3O2. The second-order valence-electron chi connectivity index (χ2n) is 3.95. The van der Waals surface area contributed by atoms with E-state index >= 15 is 0 Å². The Morgan fingerprint density at radius 2 is 2.25 bits per heavy atom. The average molecular weight is 221 g/mol. The van der Waals surface area contributed by atoms with Crippen LogP contribution in [0.5, 0.6) is 0 Å². The molecule has 1 aliphatic rings. The summed E-state index contributed by atoms with van der Waals surface area (Å²) >= 11 is 0. The fourth-order valence-electron chi connectivity index (χ4n) is 1.69. The third kappa shape index (κ3) is 1.98. The molecule has 0 amide bonds. The van der Waals surface area contributed by atoms with Crippen molar-refractivity contribution < 1.29 is 9.53 Å². The van der Waals surface area contributed by atoms with Crippen molar-refractivity contribution in [1.82, 2.24) is 9.97 Å². The molecule has 1 aliphatic carbocycles. The Bertz CT molecular complexity index is 391. The molecule has 0 saturated heterocycles. The van der Waals surface area contributed by atoms with Crippen molar-refractivity contribution in [2.24, 2.45) is 0 Å². The van der Waals surface area contributed by atoms with Gasteiger partial charge in [0.25, 0.3) is 0 Å². The highest BCUT2D eigenvalue weighted by atomic mass is 16.5. The van der Waals surface area contributed by atoms with Crippen LogP contribution in [0, 0.1) is 0 Å². The minimum atomic E-state index is -0.448. The van der Waals surface area contributed by atoms with Gasteiger partial charge >= 0.3 is 5.97 Å². The summed E-state index contributed by atoms with van der Waals surface area (Å²) in [6, 6.07) is 0.530. The maximum absolute atomic E-state index is 11.3. The highest BCUT2D eigenvalue weighted by Crippen LogP contribution is 2.26. The minimum absolute atomic E-state index is 0.256. The zero-order chi connectivity index (χ0) is 11.5. The molecule has 0 bridgehead atoms. The summed E-state index contributed by atoms with van der Waals surface area (Å²) in [5.41, 5.74) is 0.256. The van der Waals surface area contributed by atoms with Crippen molar-refractivity contribution in [3.05, 3.63) is 18.1 Å². The summed E-state index contributed by atoms with van der Waals surface area (Å²) in [5.74, 6) is 0.281. The number of anilines is 1. The van der Waals surface area contributed by atoms with Gasteiger partial charge < -0.3 is 9.64 Å². The van der Waals surface area contributed by atoms with Crippen LogP contribution in [0.4, 0.5) is 5.82 Å². The maximum atomic E-state index is 11.3. The van der Waals surface area contributed by atoms with Gasteiger partial charge in [0, 0.05) is 13.1 Å². The number of rotatable bonds is 3. The fraction of sp³-hybridized carbons (Fsp3) is 0.545. The number of ether oxygens (including phenoxy) is 1. The van der Waals surface area contributed by atoms with Crippen molar-refractivity contribution in [2.45, 2.75) is 25.3 Å². The van der Waals surface area contributed by atoms with Gasteiger partial charge in [0.05, 0.1) is 19.5 Å². The van der Waals surface area contributed by atoms with Gasteiger partial charge in [-0.25, -0.2) is 9.78 Å². The third-order valence-corrected chi connectivity index (χ3v) is 3.00. The van der Waals surface area contributed by atoms with E-state index in [1.165, 1.54) is 32.6 Å². The summed E-state index contributed by atoms with van der Waals surface area (Å²) in [7, 11) is 3.32. The number of carbonyl (C=O) groups is 1. The molecule has 0 spiro atoms. The summed E-state index contributed by atoms with van der Waals surface area (Å²) in [5, 5.41) is 0. The van der Waals surface area contributed by atoms with Crippen LogP contribution in [0.1, 0.15) is 29.8 Å². The van der Waals surface area contributed by atoms with Crippen molar-refractivity contribution in [3.8, 4) is 0 Å². The number of aromatic nitrogens is 2. The molecule has 1 heterocycles. The molecule has 0 atom stereocenters. The van der Waals surface area contributed by atoms with E-state index in [0.29, 0.717) is 6.04 Å². The molecule has 1 aromatic heterocycles. The normalized spacial score (nSPS) is 15.4. The van der Waals surface area contributed by atoms with Gasteiger partial charge in [-0.05, 0) is 19.3 Å². The van der Waals surface area contributed by atoms with Gasteiger partial charge in [-0.3, -0.25) is 4.98 Å².